The average Bonchev–Trinajstić information content (AvgIpc) is 2.73. The Kier molecular flexibility index (Phi) is 6.78. The van der Waals surface area contributed by atoms with E-state index in [0.717, 1.165) is 11.8 Å². The van der Waals surface area contributed by atoms with Gasteiger partial charge in [0.15, 0.2) is 16.7 Å². The molecule has 0 aromatic heterocycles. The van der Waals surface area contributed by atoms with E-state index in [1.54, 1.807) is 19.1 Å². The molecule has 0 bridgehead atoms. The summed E-state index contributed by atoms with van der Waals surface area (Å²) in [6, 6.07) is 10.1. The van der Waals surface area contributed by atoms with Crippen LogP contribution in [0, 0.1) is 11.6 Å². The lowest BCUT2D eigenvalue weighted by atomic mass is 10.1. The number of amidine groups is 1. The SMILES string of the molecule is COc1ccc(C(C)=NN=C2NC(=O)CC(C(=O)Nc3ccccc3F)S2)cc1F. The van der Waals surface area contributed by atoms with E-state index in [0.29, 0.717) is 11.3 Å². The molecule has 10 heteroatoms. The molecular formula is C20H18F2N4O3S. The fourth-order valence-corrected chi connectivity index (χ4v) is 3.52. The number of hydrogen-bond donors (Lipinski definition) is 2. The lowest BCUT2D eigenvalue weighted by Crippen LogP contribution is -2.42. The molecule has 2 N–H and O–H groups in total. The standard InChI is InChI=1S/C20H18F2N4O3S/c1-11(12-7-8-16(29-2)14(22)9-12)25-26-20-24-18(27)10-17(30-20)19(28)23-15-6-4-3-5-13(15)21/h3-9,17H,10H2,1-2H3,(H,23,28)(H,24,26,27). The van der Waals surface area contributed by atoms with Gasteiger partial charge in [-0.05, 0) is 37.3 Å². The molecule has 1 fully saturated rings. The summed E-state index contributed by atoms with van der Waals surface area (Å²) < 4.78 is 32.5. The number of rotatable bonds is 5. The summed E-state index contributed by atoms with van der Waals surface area (Å²) in [5.41, 5.74) is 0.915. The Morgan fingerprint density at radius 1 is 1.23 bits per heavy atom. The summed E-state index contributed by atoms with van der Waals surface area (Å²) in [4.78, 5) is 24.4. The van der Waals surface area contributed by atoms with Crippen molar-refractivity contribution in [2.45, 2.75) is 18.6 Å². The second-order valence-electron chi connectivity index (χ2n) is 6.27. The van der Waals surface area contributed by atoms with E-state index in [9.17, 15) is 18.4 Å². The number of benzene rings is 2. The van der Waals surface area contributed by atoms with Crippen molar-refractivity contribution >= 4 is 40.1 Å². The third kappa shape index (κ3) is 5.20. The molecular weight excluding hydrogens is 414 g/mol. The van der Waals surface area contributed by atoms with E-state index in [2.05, 4.69) is 20.8 Å². The lowest BCUT2D eigenvalue weighted by Gasteiger charge is -2.21. The number of anilines is 1. The van der Waals surface area contributed by atoms with Crippen LogP contribution in [-0.2, 0) is 9.59 Å². The molecule has 1 unspecified atom stereocenters. The molecule has 1 saturated heterocycles. The van der Waals surface area contributed by atoms with E-state index in [4.69, 9.17) is 4.74 Å². The number of ether oxygens (including phenoxy) is 1. The Morgan fingerprint density at radius 3 is 2.70 bits per heavy atom. The third-order valence-corrected chi connectivity index (χ3v) is 5.23. The number of thioether (sulfide) groups is 1. The van der Waals surface area contributed by atoms with Gasteiger partial charge in [0.25, 0.3) is 0 Å². The second kappa shape index (κ2) is 9.49. The molecule has 2 aromatic rings. The molecule has 2 amide bonds. The van der Waals surface area contributed by atoms with E-state index < -0.39 is 28.7 Å². The Labute approximate surface area is 175 Å². The van der Waals surface area contributed by atoms with Gasteiger partial charge in [-0.3, -0.25) is 9.59 Å². The van der Waals surface area contributed by atoms with Crippen LogP contribution in [-0.4, -0.2) is 35.1 Å². The van der Waals surface area contributed by atoms with Gasteiger partial charge in [0.1, 0.15) is 11.1 Å². The normalized spacial score (nSPS) is 18.1. The molecule has 2 aromatic carbocycles. The topological polar surface area (TPSA) is 92.2 Å². The number of hydrogen-bond acceptors (Lipinski definition) is 6. The highest BCUT2D eigenvalue weighted by molar-refractivity contribution is 8.15. The van der Waals surface area contributed by atoms with Crippen LogP contribution in [0.4, 0.5) is 14.5 Å². The van der Waals surface area contributed by atoms with Crippen molar-refractivity contribution in [3.05, 3.63) is 59.7 Å². The predicted molar refractivity (Wildman–Crippen MR) is 112 cm³/mol. The highest BCUT2D eigenvalue weighted by atomic mass is 32.2. The maximum Gasteiger partial charge on any atom is 0.238 e. The third-order valence-electron chi connectivity index (χ3n) is 4.16. The highest BCUT2D eigenvalue weighted by Crippen LogP contribution is 2.24. The van der Waals surface area contributed by atoms with Crippen molar-refractivity contribution in [2.24, 2.45) is 10.2 Å². The van der Waals surface area contributed by atoms with Crippen LogP contribution in [0.3, 0.4) is 0 Å². The first-order valence-corrected chi connectivity index (χ1v) is 9.73. The van der Waals surface area contributed by atoms with Crippen LogP contribution in [0.25, 0.3) is 0 Å². The summed E-state index contributed by atoms with van der Waals surface area (Å²) >= 11 is 0.997. The minimum absolute atomic E-state index is 0.0305. The summed E-state index contributed by atoms with van der Waals surface area (Å²) in [6.07, 6.45) is -0.0869. The van der Waals surface area contributed by atoms with Gasteiger partial charge in [-0.1, -0.05) is 23.9 Å². The predicted octanol–water partition coefficient (Wildman–Crippen LogP) is 3.31. The summed E-state index contributed by atoms with van der Waals surface area (Å²) in [5.74, 6) is -1.94. The molecule has 30 heavy (non-hydrogen) atoms. The van der Waals surface area contributed by atoms with Gasteiger partial charge < -0.3 is 15.4 Å². The van der Waals surface area contributed by atoms with E-state index in [1.807, 2.05) is 0 Å². The van der Waals surface area contributed by atoms with Crippen LogP contribution in [0.5, 0.6) is 5.75 Å². The van der Waals surface area contributed by atoms with Gasteiger partial charge in [0.05, 0.1) is 18.5 Å². The zero-order valence-corrected chi connectivity index (χ0v) is 16.9. The number of nitrogens with one attached hydrogen (secondary N) is 2. The molecule has 3 rings (SSSR count). The van der Waals surface area contributed by atoms with Gasteiger partial charge in [-0.2, -0.15) is 5.10 Å². The number of amides is 2. The highest BCUT2D eigenvalue weighted by Gasteiger charge is 2.30. The number of para-hydroxylation sites is 1. The minimum atomic E-state index is -0.800. The Bertz CT molecular complexity index is 1040. The molecule has 0 spiro atoms. The van der Waals surface area contributed by atoms with Gasteiger partial charge in [0, 0.05) is 12.0 Å². The zero-order valence-electron chi connectivity index (χ0n) is 16.1. The van der Waals surface area contributed by atoms with Gasteiger partial charge in [-0.15, -0.1) is 5.10 Å². The maximum absolute atomic E-state index is 13.9. The number of nitrogens with zero attached hydrogens (tertiary/aromatic N) is 2. The number of methoxy groups -OCH3 is 1. The second-order valence-corrected chi connectivity index (χ2v) is 7.46. The molecule has 1 aliphatic rings. The Hall–Kier alpha value is -3.27. The molecule has 1 atom stereocenters. The molecule has 156 valence electrons. The van der Waals surface area contributed by atoms with Crippen molar-refractivity contribution in [1.82, 2.24) is 5.32 Å². The Morgan fingerprint density at radius 2 is 2.00 bits per heavy atom. The summed E-state index contributed by atoms with van der Waals surface area (Å²) in [6.45, 7) is 1.63. The lowest BCUT2D eigenvalue weighted by molar-refractivity contribution is -0.123. The van der Waals surface area contributed by atoms with Crippen LogP contribution in [0.1, 0.15) is 18.9 Å². The monoisotopic (exact) mass is 432 g/mol. The first-order chi connectivity index (χ1) is 14.4. The van der Waals surface area contributed by atoms with Crippen molar-refractivity contribution in [3.8, 4) is 5.75 Å². The quantitative estimate of drug-likeness (QED) is 0.560. The van der Waals surface area contributed by atoms with Gasteiger partial charge >= 0.3 is 0 Å². The van der Waals surface area contributed by atoms with Crippen LogP contribution in [0.15, 0.2) is 52.7 Å². The summed E-state index contributed by atoms with van der Waals surface area (Å²) in [7, 11) is 1.37. The number of carbonyl (C=O) groups excluding carboxylic acids is 2. The van der Waals surface area contributed by atoms with Crippen molar-refractivity contribution < 1.29 is 23.1 Å². The van der Waals surface area contributed by atoms with Crippen LogP contribution < -0.4 is 15.4 Å². The van der Waals surface area contributed by atoms with Crippen LogP contribution in [0.2, 0.25) is 0 Å². The van der Waals surface area contributed by atoms with Crippen molar-refractivity contribution in [3.63, 3.8) is 0 Å². The smallest absolute Gasteiger partial charge is 0.238 e. The molecule has 1 heterocycles. The average molecular weight is 432 g/mol. The van der Waals surface area contributed by atoms with Gasteiger partial charge in [0.2, 0.25) is 11.8 Å². The minimum Gasteiger partial charge on any atom is -0.494 e. The molecule has 0 aliphatic carbocycles. The first kappa shape index (κ1) is 21.4. The van der Waals surface area contributed by atoms with Gasteiger partial charge in [-0.25, -0.2) is 8.78 Å². The number of carbonyl (C=O) groups is 2. The van der Waals surface area contributed by atoms with Crippen LogP contribution >= 0.6 is 11.8 Å². The van der Waals surface area contributed by atoms with E-state index in [-0.39, 0.29) is 23.0 Å². The fraction of sp³-hybridized carbons (Fsp3) is 0.200. The molecule has 1 aliphatic heterocycles. The Balaban J connectivity index is 1.72. The summed E-state index contributed by atoms with van der Waals surface area (Å²) in [5, 5.41) is 12.3. The van der Waals surface area contributed by atoms with E-state index >= 15 is 0 Å². The molecule has 0 radical (unpaired) electrons. The van der Waals surface area contributed by atoms with Crippen molar-refractivity contribution in [1.29, 1.82) is 0 Å². The zero-order chi connectivity index (χ0) is 21.7. The molecule has 7 nitrogen and oxygen atoms in total. The van der Waals surface area contributed by atoms with Crippen molar-refractivity contribution in [2.75, 3.05) is 12.4 Å². The first-order valence-electron chi connectivity index (χ1n) is 8.85. The van der Waals surface area contributed by atoms with E-state index in [1.165, 1.54) is 37.4 Å². The maximum atomic E-state index is 13.9. The number of halogens is 2. The molecule has 0 saturated carbocycles. The largest absolute Gasteiger partial charge is 0.494 e. The fourth-order valence-electron chi connectivity index (χ4n) is 2.58.